The molecule has 2 saturated heterocycles. The van der Waals surface area contributed by atoms with E-state index in [1.165, 1.54) is 32.1 Å². The Balaban J connectivity index is 1.64. The Morgan fingerprint density at radius 3 is 2.73 bits per heavy atom. The lowest BCUT2D eigenvalue weighted by Gasteiger charge is -2.32. The average Bonchev–Trinajstić information content (AvgIpc) is 2.91. The molecular weight excluding hydrogens is 188 g/mol. The van der Waals surface area contributed by atoms with Crippen molar-refractivity contribution in [3.63, 3.8) is 0 Å². The molecule has 3 fully saturated rings. The minimum absolute atomic E-state index is 0.137. The zero-order chi connectivity index (χ0) is 10.3. The predicted molar refractivity (Wildman–Crippen MR) is 58.5 cm³/mol. The molecule has 84 valence electrons. The van der Waals surface area contributed by atoms with Crippen LogP contribution in [0.2, 0.25) is 0 Å². The summed E-state index contributed by atoms with van der Waals surface area (Å²) in [5, 5.41) is 3.36. The second kappa shape index (κ2) is 3.78. The molecule has 0 radical (unpaired) electrons. The van der Waals surface area contributed by atoms with Crippen molar-refractivity contribution in [1.29, 1.82) is 0 Å². The third kappa shape index (κ3) is 1.67. The van der Waals surface area contributed by atoms with Crippen LogP contribution in [0.25, 0.3) is 0 Å². The van der Waals surface area contributed by atoms with Gasteiger partial charge in [0, 0.05) is 12.6 Å². The van der Waals surface area contributed by atoms with Gasteiger partial charge in [-0.15, -0.1) is 0 Å². The summed E-state index contributed by atoms with van der Waals surface area (Å²) in [4.78, 5) is 14.4. The number of rotatable bonds is 1. The van der Waals surface area contributed by atoms with Crippen LogP contribution in [0.5, 0.6) is 0 Å². The van der Waals surface area contributed by atoms with Crippen LogP contribution >= 0.6 is 0 Å². The number of amides is 1. The highest BCUT2D eigenvalue weighted by molar-refractivity contribution is 5.82. The highest BCUT2D eigenvalue weighted by atomic mass is 16.2. The summed E-state index contributed by atoms with van der Waals surface area (Å²) < 4.78 is 0. The highest BCUT2D eigenvalue weighted by Crippen LogP contribution is 2.37. The Morgan fingerprint density at radius 1 is 1.20 bits per heavy atom. The molecule has 1 aliphatic carbocycles. The van der Waals surface area contributed by atoms with Crippen LogP contribution in [0.1, 0.15) is 38.5 Å². The first-order chi connectivity index (χ1) is 7.34. The van der Waals surface area contributed by atoms with Crippen LogP contribution in [-0.4, -0.2) is 36.0 Å². The molecule has 3 aliphatic rings. The molecule has 2 aliphatic heterocycles. The van der Waals surface area contributed by atoms with Gasteiger partial charge in [-0.2, -0.15) is 0 Å². The lowest BCUT2D eigenvalue weighted by molar-refractivity contribution is -0.135. The molecule has 0 aromatic rings. The van der Waals surface area contributed by atoms with Crippen LogP contribution in [0, 0.1) is 5.92 Å². The zero-order valence-corrected chi connectivity index (χ0v) is 9.24. The Morgan fingerprint density at radius 2 is 2.13 bits per heavy atom. The first-order valence-electron chi connectivity index (χ1n) is 6.38. The second-order valence-corrected chi connectivity index (χ2v) is 5.33. The fraction of sp³-hybridized carbons (Fsp3) is 0.917. The Hall–Kier alpha value is -0.570. The van der Waals surface area contributed by atoms with E-state index in [0.29, 0.717) is 11.9 Å². The van der Waals surface area contributed by atoms with Crippen LogP contribution in [-0.2, 0) is 4.79 Å². The van der Waals surface area contributed by atoms with Crippen molar-refractivity contribution in [2.75, 3.05) is 13.1 Å². The van der Waals surface area contributed by atoms with E-state index >= 15 is 0 Å². The summed E-state index contributed by atoms with van der Waals surface area (Å²) in [6.45, 7) is 2.07. The van der Waals surface area contributed by atoms with Crippen molar-refractivity contribution >= 4 is 5.91 Å². The molecule has 3 rings (SSSR count). The third-order valence-electron chi connectivity index (χ3n) is 4.30. The minimum Gasteiger partial charge on any atom is -0.338 e. The van der Waals surface area contributed by atoms with Crippen molar-refractivity contribution in [1.82, 2.24) is 10.2 Å². The number of nitrogens with zero attached hydrogens (tertiary/aromatic N) is 1. The number of fused-ring (bicyclic) bond motifs is 2. The molecule has 3 nitrogen and oxygen atoms in total. The first kappa shape index (κ1) is 9.64. The van der Waals surface area contributed by atoms with Gasteiger partial charge in [0.05, 0.1) is 6.04 Å². The quantitative estimate of drug-likeness (QED) is 0.701. The number of hydrogen-bond acceptors (Lipinski definition) is 2. The van der Waals surface area contributed by atoms with E-state index in [1.54, 1.807) is 0 Å². The summed E-state index contributed by atoms with van der Waals surface area (Å²) >= 11 is 0. The molecule has 0 aromatic heterocycles. The number of hydrogen-bond donors (Lipinski definition) is 1. The van der Waals surface area contributed by atoms with E-state index in [1.807, 2.05) is 0 Å². The first-order valence-corrected chi connectivity index (χ1v) is 6.38. The number of likely N-dealkylation sites (tertiary alicyclic amines) is 1. The molecule has 1 N–H and O–H groups in total. The number of piperidine rings is 2. The molecule has 2 heterocycles. The van der Waals surface area contributed by atoms with Crippen molar-refractivity contribution in [2.45, 2.75) is 50.6 Å². The van der Waals surface area contributed by atoms with Gasteiger partial charge in [0.15, 0.2) is 0 Å². The minimum atomic E-state index is 0.137. The summed E-state index contributed by atoms with van der Waals surface area (Å²) in [5.74, 6) is 1.21. The van der Waals surface area contributed by atoms with Crippen molar-refractivity contribution in [3.8, 4) is 0 Å². The number of carbonyl (C=O) groups is 1. The van der Waals surface area contributed by atoms with E-state index < -0.39 is 0 Å². The van der Waals surface area contributed by atoms with Crippen LogP contribution in [0.15, 0.2) is 0 Å². The maximum Gasteiger partial charge on any atom is 0.239 e. The smallest absolute Gasteiger partial charge is 0.239 e. The highest BCUT2D eigenvalue weighted by Gasteiger charge is 2.41. The van der Waals surface area contributed by atoms with Gasteiger partial charge in [0.25, 0.3) is 0 Å². The molecule has 3 unspecified atom stereocenters. The van der Waals surface area contributed by atoms with Crippen LogP contribution in [0.4, 0.5) is 0 Å². The summed E-state index contributed by atoms with van der Waals surface area (Å²) in [7, 11) is 0. The maximum absolute atomic E-state index is 12.3. The van der Waals surface area contributed by atoms with Crippen molar-refractivity contribution in [3.05, 3.63) is 0 Å². The number of nitrogens with one attached hydrogen (secondary N) is 1. The average molecular weight is 208 g/mol. The second-order valence-electron chi connectivity index (χ2n) is 5.33. The van der Waals surface area contributed by atoms with E-state index in [9.17, 15) is 4.79 Å². The van der Waals surface area contributed by atoms with Gasteiger partial charge < -0.3 is 10.2 Å². The topological polar surface area (TPSA) is 32.3 Å². The van der Waals surface area contributed by atoms with Gasteiger partial charge in [-0.3, -0.25) is 4.79 Å². The van der Waals surface area contributed by atoms with E-state index in [2.05, 4.69) is 10.2 Å². The molecule has 3 heteroatoms. The van der Waals surface area contributed by atoms with Gasteiger partial charge in [0.2, 0.25) is 5.91 Å². The predicted octanol–water partition coefficient (Wildman–Crippen LogP) is 1.14. The molecular formula is C12H20N2O. The third-order valence-corrected chi connectivity index (χ3v) is 4.30. The monoisotopic (exact) mass is 208 g/mol. The molecule has 2 bridgehead atoms. The van der Waals surface area contributed by atoms with Gasteiger partial charge in [-0.1, -0.05) is 6.42 Å². The SMILES string of the molecule is O=C(C1CCCCN1)N1CC2CCC1C2. The summed E-state index contributed by atoms with van der Waals surface area (Å²) in [5.41, 5.74) is 0. The molecule has 3 atom stereocenters. The van der Waals surface area contributed by atoms with Gasteiger partial charge >= 0.3 is 0 Å². The maximum atomic E-state index is 12.3. The summed E-state index contributed by atoms with van der Waals surface area (Å²) in [6.07, 6.45) is 7.38. The largest absolute Gasteiger partial charge is 0.338 e. The lowest BCUT2D eigenvalue weighted by Crippen LogP contribution is -2.50. The molecule has 1 amide bonds. The van der Waals surface area contributed by atoms with E-state index in [0.717, 1.165) is 25.4 Å². The van der Waals surface area contributed by atoms with E-state index in [-0.39, 0.29) is 6.04 Å². The van der Waals surface area contributed by atoms with Crippen LogP contribution in [0.3, 0.4) is 0 Å². The van der Waals surface area contributed by atoms with Gasteiger partial charge in [0.1, 0.15) is 0 Å². The van der Waals surface area contributed by atoms with Crippen molar-refractivity contribution in [2.24, 2.45) is 5.92 Å². The van der Waals surface area contributed by atoms with Crippen molar-refractivity contribution < 1.29 is 4.79 Å². The normalized spacial score (nSPS) is 39.7. The van der Waals surface area contributed by atoms with E-state index in [4.69, 9.17) is 0 Å². The Bertz CT molecular complexity index is 260. The Kier molecular flexibility index (Phi) is 2.43. The molecule has 0 aromatic carbocycles. The standard InChI is InChI=1S/C12H20N2O/c15-12(11-3-1-2-6-13-11)14-8-9-4-5-10(14)7-9/h9-11,13H,1-8H2. The molecule has 15 heavy (non-hydrogen) atoms. The molecule has 0 spiro atoms. The van der Waals surface area contributed by atoms with Gasteiger partial charge in [-0.05, 0) is 44.6 Å². The zero-order valence-electron chi connectivity index (χ0n) is 9.24. The molecule has 1 saturated carbocycles. The fourth-order valence-corrected chi connectivity index (χ4v) is 3.46. The Labute approximate surface area is 91.2 Å². The van der Waals surface area contributed by atoms with Crippen LogP contribution < -0.4 is 5.32 Å². The lowest BCUT2D eigenvalue weighted by atomic mass is 10.0. The summed E-state index contributed by atoms with van der Waals surface area (Å²) in [6, 6.07) is 0.726. The fourth-order valence-electron chi connectivity index (χ4n) is 3.46. The number of carbonyl (C=O) groups excluding carboxylic acids is 1. The van der Waals surface area contributed by atoms with Gasteiger partial charge in [-0.25, -0.2) is 0 Å².